The van der Waals surface area contributed by atoms with Gasteiger partial charge in [0.15, 0.2) is 6.61 Å². The zero-order chi connectivity index (χ0) is 22.3. The van der Waals surface area contributed by atoms with E-state index in [0.29, 0.717) is 49.4 Å². The Morgan fingerprint density at radius 2 is 1.78 bits per heavy atom. The van der Waals surface area contributed by atoms with Crippen LogP contribution in [-0.4, -0.2) is 79.7 Å². The molecular formula is C24H34ClN3O4. The van der Waals surface area contributed by atoms with E-state index < -0.39 is 0 Å². The number of nitrogens with one attached hydrogen (secondary N) is 1. The maximum atomic E-state index is 13.2. The van der Waals surface area contributed by atoms with Gasteiger partial charge in [0.2, 0.25) is 5.91 Å². The van der Waals surface area contributed by atoms with Crippen LogP contribution >= 0.6 is 11.6 Å². The summed E-state index contributed by atoms with van der Waals surface area (Å²) in [5.41, 5.74) is 0. The Bertz CT molecular complexity index is 755. The van der Waals surface area contributed by atoms with Crippen LogP contribution in [0.15, 0.2) is 24.3 Å². The van der Waals surface area contributed by atoms with Gasteiger partial charge in [0.05, 0.1) is 12.1 Å². The van der Waals surface area contributed by atoms with Gasteiger partial charge < -0.3 is 19.7 Å². The molecule has 1 N–H and O–H groups in total. The van der Waals surface area contributed by atoms with Crippen LogP contribution in [0.5, 0.6) is 5.75 Å². The molecule has 1 aromatic rings. The lowest BCUT2D eigenvalue weighted by Gasteiger charge is -2.40. The minimum Gasteiger partial charge on any atom is -0.484 e. The van der Waals surface area contributed by atoms with E-state index in [0.717, 1.165) is 32.3 Å². The smallest absolute Gasteiger partial charge is 0.260 e. The first-order valence-electron chi connectivity index (χ1n) is 11.9. The van der Waals surface area contributed by atoms with Crippen LogP contribution in [0.1, 0.15) is 38.5 Å². The summed E-state index contributed by atoms with van der Waals surface area (Å²) >= 11 is 5.89. The molecule has 8 heteroatoms. The van der Waals surface area contributed by atoms with E-state index >= 15 is 0 Å². The number of carbonyl (C=O) groups excluding carboxylic acids is 2. The SMILES string of the molecule is O=C(NC[C@H]1CCCO1)[C@@H](C1CCCC1)N1CCN(C(=O)COc2ccc(Cl)cc2)CC1. The molecule has 0 unspecified atom stereocenters. The van der Waals surface area contributed by atoms with Crippen molar-refractivity contribution in [2.45, 2.75) is 50.7 Å². The van der Waals surface area contributed by atoms with Crippen LogP contribution in [0, 0.1) is 5.92 Å². The first-order chi connectivity index (χ1) is 15.6. The lowest BCUT2D eigenvalue weighted by atomic mass is 9.95. The molecule has 7 nitrogen and oxygen atoms in total. The van der Waals surface area contributed by atoms with Crippen LogP contribution < -0.4 is 10.1 Å². The molecule has 2 amide bonds. The summed E-state index contributed by atoms with van der Waals surface area (Å²) < 4.78 is 11.3. The molecule has 1 saturated carbocycles. The number of piperazine rings is 1. The third-order valence-corrected chi connectivity index (χ3v) is 7.13. The molecule has 3 aliphatic rings. The monoisotopic (exact) mass is 463 g/mol. The number of carbonyl (C=O) groups is 2. The highest BCUT2D eigenvalue weighted by molar-refractivity contribution is 6.30. The summed E-state index contributed by atoms with van der Waals surface area (Å²) in [4.78, 5) is 29.9. The maximum absolute atomic E-state index is 13.2. The van der Waals surface area contributed by atoms with E-state index in [1.807, 2.05) is 4.90 Å². The van der Waals surface area contributed by atoms with Gasteiger partial charge in [-0.1, -0.05) is 24.4 Å². The number of halogens is 1. The van der Waals surface area contributed by atoms with E-state index in [-0.39, 0.29) is 30.6 Å². The Kier molecular flexibility index (Phi) is 8.27. The van der Waals surface area contributed by atoms with Crippen molar-refractivity contribution in [1.29, 1.82) is 0 Å². The van der Waals surface area contributed by atoms with Crippen molar-refractivity contribution in [3.63, 3.8) is 0 Å². The number of rotatable bonds is 8. The highest BCUT2D eigenvalue weighted by Crippen LogP contribution is 2.31. The van der Waals surface area contributed by atoms with Gasteiger partial charge >= 0.3 is 0 Å². The summed E-state index contributed by atoms with van der Waals surface area (Å²) in [6.07, 6.45) is 6.84. The number of benzene rings is 1. The molecule has 3 fully saturated rings. The first-order valence-corrected chi connectivity index (χ1v) is 12.3. The summed E-state index contributed by atoms with van der Waals surface area (Å²) in [5.74, 6) is 1.12. The summed E-state index contributed by atoms with van der Waals surface area (Å²) in [7, 11) is 0. The van der Waals surface area contributed by atoms with Crippen molar-refractivity contribution in [3.8, 4) is 5.75 Å². The lowest BCUT2D eigenvalue weighted by molar-refractivity contribution is -0.137. The standard InChI is InChI=1S/C24H34ClN3O4/c25-19-7-9-20(10-8-19)32-17-22(29)27-11-13-28(14-12-27)23(18-4-1-2-5-18)24(30)26-16-21-6-3-15-31-21/h7-10,18,21,23H,1-6,11-17H2,(H,26,30)/t21-,23-/m1/s1. The zero-order valence-corrected chi connectivity index (χ0v) is 19.4. The fourth-order valence-electron chi connectivity index (χ4n) is 5.09. The molecule has 1 aromatic carbocycles. The molecule has 4 rings (SSSR count). The first kappa shape index (κ1) is 23.3. The molecule has 2 heterocycles. The lowest BCUT2D eigenvalue weighted by Crippen LogP contribution is -2.58. The van der Waals surface area contributed by atoms with E-state index in [1.165, 1.54) is 12.8 Å². The minimum absolute atomic E-state index is 0.00948. The fraction of sp³-hybridized carbons (Fsp3) is 0.667. The highest BCUT2D eigenvalue weighted by atomic mass is 35.5. The van der Waals surface area contributed by atoms with Crippen molar-refractivity contribution in [1.82, 2.24) is 15.1 Å². The quantitative estimate of drug-likeness (QED) is 0.641. The maximum Gasteiger partial charge on any atom is 0.260 e. The van der Waals surface area contributed by atoms with Gasteiger partial charge in [-0.2, -0.15) is 0 Å². The molecule has 176 valence electrons. The second-order valence-corrected chi connectivity index (χ2v) is 9.47. The highest BCUT2D eigenvalue weighted by Gasteiger charge is 2.37. The Balaban J connectivity index is 1.27. The van der Waals surface area contributed by atoms with Gasteiger partial charge in [0.1, 0.15) is 5.75 Å². The molecule has 0 radical (unpaired) electrons. The number of hydrogen-bond acceptors (Lipinski definition) is 5. The van der Waals surface area contributed by atoms with E-state index in [1.54, 1.807) is 24.3 Å². The molecule has 32 heavy (non-hydrogen) atoms. The minimum atomic E-state index is -0.110. The second-order valence-electron chi connectivity index (χ2n) is 9.03. The topological polar surface area (TPSA) is 71.1 Å². The summed E-state index contributed by atoms with van der Waals surface area (Å²) in [6, 6.07) is 6.89. The normalized spacial score (nSPS) is 23.3. The molecule has 2 saturated heterocycles. The molecule has 2 atom stereocenters. The third kappa shape index (κ3) is 6.15. The Hall–Kier alpha value is -1.83. The molecular weight excluding hydrogens is 430 g/mol. The fourth-order valence-corrected chi connectivity index (χ4v) is 5.22. The van der Waals surface area contributed by atoms with Gasteiger partial charge in [-0.05, 0) is 55.9 Å². The molecule has 0 spiro atoms. The van der Waals surface area contributed by atoms with Crippen molar-refractivity contribution in [2.75, 3.05) is 45.9 Å². The van der Waals surface area contributed by atoms with E-state index in [2.05, 4.69) is 10.2 Å². The Morgan fingerprint density at radius 3 is 2.44 bits per heavy atom. The number of amides is 2. The largest absolute Gasteiger partial charge is 0.484 e. The van der Waals surface area contributed by atoms with Gasteiger partial charge in [-0.3, -0.25) is 14.5 Å². The predicted octanol–water partition coefficient (Wildman–Crippen LogP) is 2.72. The van der Waals surface area contributed by atoms with Crippen LogP contribution in [0.3, 0.4) is 0 Å². The summed E-state index contributed by atoms with van der Waals surface area (Å²) in [5, 5.41) is 3.80. The average Bonchev–Trinajstić information content (AvgIpc) is 3.52. The molecule has 0 aromatic heterocycles. The van der Waals surface area contributed by atoms with Crippen molar-refractivity contribution in [2.24, 2.45) is 5.92 Å². The predicted molar refractivity (Wildman–Crippen MR) is 123 cm³/mol. The molecule has 0 bridgehead atoms. The van der Waals surface area contributed by atoms with Crippen molar-refractivity contribution in [3.05, 3.63) is 29.3 Å². The van der Waals surface area contributed by atoms with Crippen LogP contribution in [-0.2, 0) is 14.3 Å². The van der Waals surface area contributed by atoms with E-state index in [9.17, 15) is 9.59 Å². The molecule has 1 aliphatic carbocycles. The van der Waals surface area contributed by atoms with E-state index in [4.69, 9.17) is 21.1 Å². The Labute approximate surface area is 195 Å². The van der Waals surface area contributed by atoms with Gasteiger partial charge in [0, 0.05) is 44.4 Å². The van der Waals surface area contributed by atoms with Gasteiger partial charge in [-0.15, -0.1) is 0 Å². The zero-order valence-electron chi connectivity index (χ0n) is 18.6. The van der Waals surface area contributed by atoms with Gasteiger partial charge in [-0.25, -0.2) is 0 Å². The summed E-state index contributed by atoms with van der Waals surface area (Å²) in [6.45, 7) is 4.06. The van der Waals surface area contributed by atoms with Crippen molar-refractivity contribution < 1.29 is 19.1 Å². The number of hydrogen-bond donors (Lipinski definition) is 1. The molecule has 2 aliphatic heterocycles. The third-order valence-electron chi connectivity index (χ3n) is 6.88. The van der Waals surface area contributed by atoms with Crippen molar-refractivity contribution >= 4 is 23.4 Å². The Morgan fingerprint density at radius 1 is 1.06 bits per heavy atom. The number of ether oxygens (including phenoxy) is 2. The second kappa shape index (κ2) is 11.3. The van der Waals surface area contributed by atoms with Crippen LogP contribution in [0.2, 0.25) is 5.02 Å². The number of nitrogens with zero attached hydrogens (tertiary/aromatic N) is 2. The average molecular weight is 464 g/mol. The van der Waals surface area contributed by atoms with Crippen LogP contribution in [0.25, 0.3) is 0 Å². The van der Waals surface area contributed by atoms with Gasteiger partial charge in [0.25, 0.3) is 5.91 Å². The van der Waals surface area contributed by atoms with Crippen LogP contribution in [0.4, 0.5) is 0 Å².